The van der Waals surface area contributed by atoms with Crippen LogP contribution in [0.4, 0.5) is 5.69 Å². The summed E-state index contributed by atoms with van der Waals surface area (Å²) >= 11 is 6.06. The summed E-state index contributed by atoms with van der Waals surface area (Å²) in [6.45, 7) is 1.89. The van der Waals surface area contributed by atoms with Crippen molar-refractivity contribution in [2.24, 2.45) is 0 Å². The van der Waals surface area contributed by atoms with Gasteiger partial charge in [0.05, 0.1) is 23.5 Å². The number of nitrogens with zero attached hydrogens (tertiary/aromatic N) is 2. The fourth-order valence-corrected chi connectivity index (χ4v) is 2.34. The molecule has 0 atom stereocenters. The fourth-order valence-electron chi connectivity index (χ4n) is 2.11. The maximum absolute atomic E-state index is 12.5. The summed E-state index contributed by atoms with van der Waals surface area (Å²) in [6, 6.07) is 7.42. The Morgan fingerprint density at radius 2 is 1.62 bits per heavy atom. The molecule has 0 unspecified atom stereocenters. The molecular weight excluding hydrogens is 290 g/mol. The lowest BCUT2D eigenvalue weighted by Gasteiger charge is -2.19. The second-order valence-corrected chi connectivity index (χ2v) is 4.98. The third-order valence-electron chi connectivity index (χ3n) is 3.27. The highest BCUT2D eigenvalue weighted by molar-refractivity contribution is 6.50. The fraction of sp³-hybridized carbons (Fsp3) is 0.0667. The molecule has 0 bridgehead atoms. The van der Waals surface area contributed by atoms with Crippen molar-refractivity contribution in [2.75, 3.05) is 5.32 Å². The minimum Gasteiger partial charge on any atom is -0.351 e. The van der Waals surface area contributed by atoms with Crippen LogP contribution in [0, 0.1) is 6.92 Å². The van der Waals surface area contributed by atoms with Gasteiger partial charge in [-0.25, -0.2) is 0 Å². The van der Waals surface area contributed by atoms with E-state index in [2.05, 4.69) is 15.5 Å². The number of Topliss-reactive ketones (excluding diaryl/α,β-unsaturated/α-hetero) is 2. The first kappa shape index (κ1) is 13.5. The highest BCUT2D eigenvalue weighted by Crippen LogP contribution is 2.29. The Morgan fingerprint density at radius 1 is 1.00 bits per heavy atom. The Labute approximate surface area is 125 Å². The van der Waals surface area contributed by atoms with Crippen LogP contribution in [0.25, 0.3) is 0 Å². The molecule has 0 aliphatic heterocycles. The van der Waals surface area contributed by atoms with Gasteiger partial charge in [-0.2, -0.15) is 10.2 Å². The lowest BCUT2D eigenvalue weighted by atomic mass is 9.95. The van der Waals surface area contributed by atoms with Crippen LogP contribution in [0.3, 0.4) is 0 Å². The van der Waals surface area contributed by atoms with E-state index in [4.69, 9.17) is 11.6 Å². The molecule has 5 nitrogen and oxygen atoms in total. The number of aromatic nitrogens is 2. The number of hydrogen-bond acceptors (Lipinski definition) is 5. The highest BCUT2D eigenvalue weighted by atomic mass is 35.5. The van der Waals surface area contributed by atoms with Gasteiger partial charge in [0.25, 0.3) is 0 Å². The number of ketones is 2. The van der Waals surface area contributed by atoms with Gasteiger partial charge in [-0.15, -0.1) is 0 Å². The molecule has 3 rings (SSSR count). The molecule has 1 aromatic heterocycles. The lowest BCUT2D eigenvalue weighted by Crippen LogP contribution is -2.25. The van der Waals surface area contributed by atoms with Crippen molar-refractivity contribution in [2.45, 2.75) is 6.92 Å². The largest absolute Gasteiger partial charge is 0.351 e. The van der Waals surface area contributed by atoms with E-state index in [9.17, 15) is 9.59 Å². The van der Waals surface area contributed by atoms with Gasteiger partial charge < -0.3 is 5.32 Å². The number of hydrogen-bond donors (Lipinski definition) is 1. The molecular formula is C15H10ClN3O2. The Balaban J connectivity index is 2.07. The zero-order chi connectivity index (χ0) is 15.0. The highest BCUT2D eigenvalue weighted by Gasteiger charge is 2.32. The number of para-hydroxylation sites is 1. The van der Waals surface area contributed by atoms with Gasteiger partial charge in [-0.1, -0.05) is 29.8 Å². The van der Waals surface area contributed by atoms with Crippen molar-refractivity contribution < 1.29 is 9.59 Å². The monoisotopic (exact) mass is 299 g/mol. The molecule has 1 heterocycles. The van der Waals surface area contributed by atoms with E-state index in [0.717, 1.165) is 11.3 Å². The summed E-state index contributed by atoms with van der Waals surface area (Å²) in [5, 5.41) is 10.1. The predicted octanol–water partition coefficient (Wildman–Crippen LogP) is 2.73. The standard InChI is InChI=1S/C15H10ClN3O2/c1-8-4-2-3-5-11(8)19-13-12(16)14(20)9-6-17-18-7-10(9)15(13)21/h2-7,19H,1H3. The van der Waals surface area contributed by atoms with E-state index >= 15 is 0 Å². The van der Waals surface area contributed by atoms with Crippen LogP contribution in [-0.2, 0) is 0 Å². The van der Waals surface area contributed by atoms with Crippen LogP contribution in [-0.4, -0.2) is 21.8 Å². The molecule has 2 aromatic rings. The number of carbonyl (C=O) groups is 2. The number of rotatable bonds is 2. The molecule has 0 fully saturated rings. The summed E-state index contributed by atoms with van der Waals surface area (Å²) in [5.41, 5.74) is 2.10. The Bertz CT molecular complexity index is 799. The van der Waals surface area contributed by atoms with Crippen LogP contribution >= 0.6 is 11.6 Å². The van der Waals surface area contributed by atoms with Crippen LogP contribution in [0.1, 0.15) is 26.3 Å². The molecule has 0 spiro atoms. The first-order valence-corrected chi connectivity index (χ1v) is 6.60. The third kappa shape index (κ3) is 2.21. The summed E-state index contributed by atoms with van der Waals surface area (Å²) in [7, 11) is 0. The van der Waals surface area contributed by atoms with E-state index in [1.54, 1.807) is 0 Å². The van der Waals surface area contributed by atoms with Crippen molar-refractivity contribution >= 4 is 28.9 Å². The number of anilines is 1. The van der Waals surface area contributed by atoms with Gasteiger partial charge in [-0.05, 0) is 18.6 Å². The van der Waals surface area contributed by atoms with Gasteiger partial charge in [0.1, 0.15) is 10.7 Å². The predicted molar refractivity (Wildman–Crippen MR) is 78.4 cm³/mol. The molecule has 1 aliphatic carbocycles. The average Bonchev–Trinajstić information content (AvgIpc) is 2.51. The Kier molecular flexibility index (Phi) is 3.27. The van der Waals surface area contributed by atoms with Crippen LogP contribution < -0.4 is 5.32 Å². The Morgan fingerprint density at radius 3 is 2.29 bits per heavy atom. The minimum absolute atomic E-state index is 0.0662. The first-order valence-electron chi connectivity index (χ1n) is 6.22. The topological polar surface area (TPSA) is 72.0 Å². The summed E-state index contributed by atoms with van der Waals surface area (Å²) in [4.78, 5) is 24.7. The second kappa shape index (κ2) is 5.10. The molecule has 0 saturated carbocycles. The number of carbonyl (C=O) groups excluding carboxylic acids is 2. The van der Waals surface area contributed by atoms with Gasteiger partial charge in [0, 0.05) is 5.69 Å². The Hall–Kier alpha value is -2.53. The maximum atomic E-state index is 12.5. The maximum Gasteiger partial charge on any atom is 0.213 e. The summed E-state index contributed by atoms with van der Waals surface area (Å²) in [5.74, 6) is -0.801. The van der Waals surface area contributed by atoms with Gasteiger partial charge in [-0.3, -0.25) is 9.59 Å². The third-order valence-corrected chi connectivity index (χ3v) is 3.63. The number of allylic oxidation sites excluding steroid dienone is 2. The molecule has 1 aliphatic rings. The molecule has 0 radical (unpaired) electrons. The van der Waals surface area contributed by atoms with Crippen molar-refractivity contribution in [3.05, 3.63) is 64.1 Å². The van der Waals surface area contributed by atoms with Gasteiger partial charge in [0.15, 0.2) is 0 Å². The quantitative estimate of drug-likeness (QED) is 0.923. The molecule has 0 saturated heterocycles. The zero-order valence-electron chi connectivity index (χ0n) is 11.1. The van der Waals surface area contributed by atoms with Crippen LogP contribution in [0.2, 0.25) is 0 Å². The summed E-state index contributed by atoms with van der Waals surface area (Å²) < 4.78 is 0. The number of halogens is 1. The molecule has 21 heavy (non-hydrogen) atoms. The molecule has 6 heteroatoms. The van der Waals surface area contributed by atoms with E-state index in [1.807, 2.05) is 31.2 Å². The summed E-state index contributed by atoms with van der Waals surface area (Å²) in [6.07, 6.45) is 2.53. The van der Waals surface area contributed by atoms with Crippen molar-refractivity contribution in [3.63, 3.8) is 0 Å². The number of benzene rings is 1. The zero-order valence-corrected chi connectivity index (χ0v) is 11.8. The van der Waals surface area contributed by atoms with Gasteiger partial charge in [0.2, 0.25) is 11.6 Å². The molecule has 1 aromatic carbocycles. The van der Waals surface area contributed by atoms with Crippen molar-refractivity contribution in [1.29, 1.82) is 0 Å². The minimum atomic E-state index is -0.433. The smallest absolute Gasteiger partial charge is 0.213 e. The van der Waals surface area contributed by atoms with E-state index in [-0.39, 0.29) is 27.6 Å². The molecule has 0 amide bonds. The molecule has 1 N–H and O–H groups in total. The van der Waals surface area contributed by atoms with Crippen molar-refractivity contribution in [3.8, 4) is 0 Å². The van der Waals surface area contributed by atoms with Crippen LogP contribution in [0.5, 0.6) is 0 Å². The normalized spacial score (nSPS) is 14.2. The van der Waals surface area contributed by atoms with E-state index < -0.39 is 5.78 Å². The SMILES string of the molecule is Cc1ccccc1NC1=C(Cl)C(=O)c2cnncc2C1=O. The van der Waals surface area contributed by atoms with E-state index in [1.165, 1.54) is 12.4 Å². The number of nitrogens with one attached hydrogen (secondary N) is 1. The molecule has 104 valence electrons. The van der Waals surface area contributed by atoms with Crippen molar-refractivity contribution in [1.82, 2.24) is 10.2 Å². The first-order chi connectivity index (χ1) is 10.1. The average molecular weight is 300 g/mol. The lowest BCUT2D eigenvalue weighted by molar-refractivity contribution is 0.0981. The van der Waals surface area contributed by atoms with Crippen LogP contribution in [0.15, 0.2) is 47.4 Å². The van der Waals surface area contributed by atoms with Gasteiger partial charge >= 0.3 is 0 Å². The number of fused-ring (bicyclic) bond motifs is 1. The second-order valence-electron chi connectivity index (χ2n) is 4.60. The number of aryl methyl sites for hydroxylation is 1. The van der Waals surface area contributed by atoms with E-state index in [0.29, 0.717) is 0 Å².